The minimum Gasteiger partial charge on any atom is -0.508 e. The Morgan fingerprint density at radius 1 is 0.500 bits per heavy atom. The maximum atomic E-state index is 10.6. The Balaban J connectivity index is 0.830. The van der Waals surface area contributed by atoms with E-state index in [1.807, 2.05) is 0 Å². The van der Waals surface area contributed by atoms with Crippen LogP contribution in [0, 0.1) is 171 Å². The van der Waals surface area contributed by atoms with Gasteiger partial charge < -0.3 is 10.0 Å². The molecule has 30 atom stereocenters. The predicted octanol–water partition coefficient (Wildman–Crippen LogP) is 12.4. The van der Waals surface area contributed by atoms with E-state index in [1.54, 1.807) is 51.4 Å². The third-order valence-electron chi connectivity index (χ3n) is 27.3. The number of anilines is 1. The maximum Gasteiger partial charge on any atom is 0.115 e. The van der Waals surface area contributed by atoms with Gasteiger partial charge in [0, 0.05) is 18.3 Å². The average molecular weight is 802 g/mol. The van der Waals surface area contributed by atoms with E-state index in [0.29, 0.717) is 11.2 Å². The number of benzene rings is 1. The molecule has 318 valence electrons. The lowest BCUT2D eigenvalue weighted by molar-refractivity contribution is -0.157. The molecule has 14 saturated carbocycles. The van der Waals surface area contributed by atoms with E-state index < -0.39 is 0 Å². The zero-order valence-electron chi connectivity index (χ0n) is 36.9. The van der Waals surface area contributed by atoms with Crippen LogP contribution in [-0.2, 0) is 0 Å². The number of nitrogens with zero attached hydrogens (tertiary/aromatic N) is 1. The molecule has 0 bridgehead atoms. The third-order valence-corrected chi connectivity index (χ3v) is 27.3. The van der Waals surface area contributed by atoms with E-state index in [1.165, 1.54) is 112 Å². The van der Waals surface area contributed by atoms with E-state index in [9.17, 15) is 5.11 Å². The molecule has 60 heavy (non-hydrogen) atoms. The van der Waals surface area contributed by atoms with Gasteiger partial charge in [-0.1, -0.05) is 75.9 Å². The molecule has 2 nitrogen and oxygen atoms in total. The summed E-state index contributed by atoms with van der Waals surface area (Å²) < 4.78 is 0. The van der Waals surface area contributed by atoms with Crippen molar-refractivity contribution in [3.63, 3.8) is 0 Å². The van der Waals surface area contributed by atoms with Crippen molar-refractivity contribution in [2.24, 2.45) is 171 Å². The lowest BCUT2D eigenvalue weighted by Crippen LogP contribution is -2.62. The summed E-state index contributed by atoms with van der Waals surface area (Å²) in [7, 11) is 0. The fourth-order valence-corrected chi connectivity index (χ4v) is 28.2. The van der Waals surface area contributed by atoms with Gasteiger partial charge in [0.2, 0.25) is 0 Å². The molecule has 1 saturated heterocycles. The second-order valence-corrected chi connectivity index (χ2v) is 27.5. The number of unbranched alkanes of at least 4 members (excludes halogenated alkanes) is 8. The first-order chi connectivity index (χ1) is 29.7. The topological polar surface area (TPSA) is 23.5 Å². The predicted molar refractivity (Wildman–Crippen MR) is 235 cm³/mol. The van der Waals surface area contributed by atoms with Crippen molar-refractivity contribution in [1.82, 2.24) is 0 Å². The highest BCUT2D eigenvalue weighted by atomic mass is 16.3. The quantitative estimate of drug-likeness (QED) is 0.178. The van der Waals surface area contributed by atoms with E-state index in [0.717, 1.165) is 136 Å². The van der Waals surface area contributed by atoms with Crippen LogP contribution in [-0.4, -0.2) is 17.7 Å². The summed E-state index contributed by atoms with van der Waals surface area (Å²) in [6.45, 7) is 3.72. The molecule has 1 aromatic rings. The summed E-state index contributed by atoms with van der Waals surface area (Å²) in [5.41, 5.74) is 6.76. The first kappa shape index (κ1) is 34.0. The van der Waals surface area contributed by atoms with Crippen LogP contribution in [0.15, 0.2) is 35.4 Å². The SMILES string of the molecule is CCCCCCCCCCCC1N(c2ccc(O)cc2)CC2C3CC4CC5CC6CC7CC8CC9CC%10CC21C1C2C3C3=C%11C%12C(C5C34)C6C3C7C8C4C9C(C(C%112)C4C%123)C%101. The van der Waals surface area contributed by atoms with Crippen LogP contribution < -0.4 is 4.90 Å². The standard InChI is InChI=1S/C58H75NO/c1-2-3-4-5-6-7-8-9-10-11-36-58-23-31-21-29-19-26-16-25-17-28-18-27-20-30-22-34(35(58)24-59(36)32-12-14-33(60)15-13-32)44-49-40(30)39(27)46-41(28)45-37(25)38(26)47-42(29)48-43(31)57(58)56(44)55-53(48)51(47)50(45)52(46)54(49)55/h12-15,25-31,34-48,50-53,55-57,60H,2-11,16-24H2,1H3. The lowest BCUT2D eigenvalue weighted by Gasteiger charge is -2.64. The van der Waals surface area contributed by atoms with Crippen molar-refractivity contribution in [1.29, 1.82) is 0 Å². The minimum atomic E-state index is 0.460. The molecule has 1 aliphatic heterocycles. The monoisotopic (exact) mass is 802 g/mol. The first-order valence-corrected chi connectivity index (χ1v) is 27.9. The summed E-state index contributed by atoms with van der Waals surface area (Å²) in [5.74, 6) is 31.3. The van der Waals surface area contributed by atoms with Crippen LogP contribution in [0.1, 0.15) is 122 Å². The maximum absolute atomic E-state index is 10.6. The Bertz CT molecular complexity index is 2100. The van der Waals surface area contributed by atoms with Crippen molar-refractivity contribution < 1.29 is 5.11 Å². The fraction of sp³-hybridized carbons (Fsp3) is 0.862. The summed E-state index contributed by atoms with van der Waals surface area (Å²) in [6, 6.07) is 9.59. The van der Waals surface area contributed by atoms with Gasteiger partial charge in [0.1, 0.15) is 5.75 Å². The Morgan fingerprint density at radius 3 is 1.77 bits per heavy atom. The highest BCUT2D eigenvalue weighted by molar-refractivity contribution is 5.55. The van der Waals surface area contributed by atoms with Gasteiger partial charge in [0.25, 0.3) is 0 Å². The van der Waals surface area contributed by atoms with Crippen molar-refractivity contribution in [3.05, 3.63) is 35.4 Å². The van der Waals surface area contributed by atoms with Crippen LogP contribution in [0.25, 0.3) is 0 Å². The number of hydrogen-bond donors (Lipinski definition) is 1. The van der Waals surface area contributed by atoms with Crippen LogP contribution >= 0.6 is 0 Å². The minimum absolute atomic E-state index is 0.460. The molecule has 30 unspecified atom stereocenters. The van der Waals surface area contributed by atoms with Gasteiger partial charge in [0.05, 0.1) is 0 Å². The number of phenols is 1. The van der Waals surface area contributed by atoms with Gasteiger partial charge in [-0.05, 0) is 253 Å². The normalized spacial score (nSPS) is 64.0. The van der Waals surface area contributed by atoms with Gasteiger partial charge in [-0.2, -0.15) is 0 Å². The summed E-state index contributed by atoms with van der Waals surface area (Å²) in [4.78, 5) is 3.12. The molecule has 0 radical (unpaired) electrons. The zero-order valence-corrected chi connectivity index (χ0v) is 36.9. The number of fused-ring (bicyclic) bond motifs is 1. The Kier molecular flexibility index (Phi) is 6.21. The molecule has 0 aromatic heterocycles. The zero-order chi connectivity index (χ0) is 38.4. The van der Waals surface area contributed by atoms with Crippen molar-refractivity contribution in [2.75, 3.05) is 11.4 Å². The summed E-state index contributed by atoms with van der Waals surface area (Å²) in [6.07, 6.45) is 27.9. The molecule has 18 rings (SSSR count). The molecular weight excluding hydrogens is 727 g/mol. The molecule has 16 aliphatic carbocycles. The number of phenolic OH excluding ortho intramolecular Hbond substituents is 1. The molecule has 17 aliphatic rings. The van der Waals surface area contributed by atoms with E-state index >= 15 is 0 Å². The fourth-order valence-electron chi connectivity index (χ4n) is 28.2. The highest BCUT2D eigenvalue weighted by Crippen LogP contribution is 2.93. The smallest absolute Gasteiger partial charge is 0.115 e. The van der Waals surface area contributed by atoms with Crippen molar-refractivity contribution in [3.8, 4) is 5.75 Å². The van der Waals surface area contributed by atoms with Gasteiger partial charge in [-0.15, -0.1) is 0 Å². The van der Waals surface area contributed by atoms with E-state index in [-0.39, 0.29) is 0 Å². The number of aromatic hydroxyl groups is 1. The van der Waals surface area contributed by atoms with Crippen LogP contribution in [0.5, 0.6) is 5.75 Å². The first-order valence-electron chi connectivity index (χ1n) is 27.9. The highest BCUT2D eigenvalue weighted by Gasteiger charge is 2.88. The average Bonchev–Trinajstić information content (AvgIpc) is 4.11. The molecule has 1 aromatic carbocycles. The second-order valence-electron chi connectivity index (χ2n) is 27.5. The molecule has 1 N–H and O–H groups in total. The van der Waals surface area contributed by atoms with Crippen LogP contribution in [0.3, 0.4) is 0 Å². The van der Waals surface area contributed by atoms with Gasteiger partial charge in [0.15, 0.2) is 0 Å². The summed E-state index contributed by atoms with van der Waals surface area (Å²) >= 11 is 0. The van der Waals surface area contributed by atoms with Crippen LogP contribution in [0.4, 0.5) is 5.69 Å². The van der Waals surface area contributed by atoms with E-state index in [2.05, 4.69) is 47.2 Å². The number of rotatable bonds is 11. The van der Waals surface area contributed by atoms with Crippen molar-refractivity contribution >= 4 is 5.69 Å². The molecule has 1 heterocycles. The third kappa shape index (κ3) is 3.40. The Morgan fingerprint density at radius 2 is 1.03 bits per heavy atom. The Labute approximate surface area is 361 Å². The van der Waals surface area contributed by atoms with Gasteiger partial charge in [-0.3, -0.25) is 0 Å². The van der Waals surface area contributed by atoms with Gasteiger partial charge in [-0.25, -0.2) is 0 Å². The molecule has 0 amide bonds. The summed E-state index contributed by atoms with van der Waals surface area (Å²) in [5, 5.41) is 10.6. The largest absolute Gasteiger partial charge is 0.508 e. The van der Waals surface area contributed by atoms with E-state index in [4.69, 9.17) is 0 Å². The Hall–Kier alpha value is -1.44. The van der Waals surface area contributed by atoms with Gasteiger partial charge >= 0.3 is 0 Å². The number of allylic oxidation sites excluding steroid dienone is 2. The molecule has 2 heteroatoms. The molecule has 1 spiro atoms. The van der Waals surface area contributed by atoms with Crippen molar-refractivity contribution in [2.45, 2.75) is 129 Å². The van der Waals surface area contributed by atoms with Crippen LogP contribution in [0.2, 0.25) is 0 Å². The molecular formula is C58H75NO. The second kappa shape index (κ2) is 11.0. The number of hydrogen-bond acceptors (Lipinski definition) is 2. The lowest BCUT2D eigenvalue weighted by atomic mass is 9.39. The molecule has 15 fully saturated rings.